The first-order valence-corrected chi connectivity index (χ1v) is 5.52. The maximum atomic E-state index is 13.3. The van der Waals surface area contributed by atoms with Crippen LogP contribution in [0.25, 0.3) is 0 Å². The SMILES string of the molecule is CC[C@@H](NC(=O)Nc1c(F)c(F)c(F)c(F)c1F)C(=O)O. The van der Waals surface area contributed by atoms with Crippen molar-refractivity contribution in [3.63, 3.8) is 0 Å². The molecule has 10 heteroatoms. The smallest absolute Gasteiger partial charge is 0.326 e. The minimum atomic E-state index is -2.37. The third-order valence-electron chi connectivity index (χ3n) is 2.46. The number of nitrogens with one attached hydrogen (secondary N) is 2. The molecule has 116 valence electrons. The topological polar surface area (TPSA) is 78.4 Å². The number of carbonyl (C=O) groups excluding carboxylic acids is 1. The van der Waals surface area contributed by atoms with Gasteiger partial charge in [-0.1, -0.05) is 6.92 Å². The van der Waals surface area contributed by atoms with Crippen molar-refractivity contribution in [1.29, 1.82) is 0 Å². The van der Waals surface area contributed by atoms with Crippen molar-refractivity contribution in [2.24, 2.45) is 0 Å². The lowest BCUT2D eigenvalue weighted by Gasteiger charge is -2.14. The lowest BCUT2D eigenvalue weighted by molar-refractivity contribution is -0.139. The summed E-state index contributed by atoms with van der Waals surface area (Å²) in [6.07, 6.45) is -0.0557. The van der Waals surface area contributed by atoms with Crippen molar-refractivity contribution < 1.29 is 36.6 Å². The summed E-state index contributed by atoms with van der Waals surface area (Å²) < 4.78 is 65.1. The quantitative estimate of drug-likeness (QED) is 0.454. The molecule has 2 amide bonds. The number of hydrogen-bond acceptors (Lipinski definition) is 2. The fourth-order valence-corrected chi connectivity index (χ4v) is 1.36. The Morgan fingerprint density at radius 3 is 1.81 bits per heavy atom. The first-order valence-electron chi connectivity index (χ1n) is 5.52. The molecule has 1 aromatic rings. The second-order valence-electron chi connectivity index (χ2n) is 3.84. The molecule has 1 atom stereocenters. The van der Waals surface area contributed by atoms with Gasteiger partial charge in [-0.25, -0.2) is 31.5 Å². The first kappa shape index (κ1) is 16.7. The highest BCUT2D eigenvalue weighted by Crippen LogP contribution is 2.26. The molecule has 1 aromatic carbocycles. The van der Waals surface area contributed by atoms with Gasteiger partial charge in [-0.2, -0.15) is 0 Å². The van der Waals surface area contributed by atoms with E-state index in [1.807, 2.05) is 0 Å². The molecule has 0 radical (unpaired) electrons. The van der Waals surface area contributed by atoms with E-state index >= 15 is 0 Å². The van der Waals surface area contributed by atoms with Crippen LogP contribution in [0, 0.1) is 29.1 Å². The highest BCUT2D eigenvalue weighted by molar-refractivity contribution is 5.92. The summed E-state index contributed by atoms with van der Waals surface area (Å²) in [4.78, 5) is 22.0. The third-order valence-corrected chi connectivity index (χ3v) is 2.46. The van der Waals surface area contributed by atoms with E-state index in [9.17, 15) is 31.5 Å². The average Bonchev–Trinajstić information content (AvgIpc) is 2.44. The van der Waals surface area contributed by atoms with Gasteiger partial charge >= 0.3 is 12.0 Å². The van der Waals surface area contributed by atoms with Gasteiger partial charge in [0.1, 0.15) is 11.7 Å². The number of halogens is 5. The molecule has 0 saturated heterocycles. The van der Waals surface area contributed by atoms with Gasteiger partial charge in [-0.3, -0.25) is 0 Å². The summed E-state index contributed by atoms with van der Waals surface area (Å²) in [5, 5.41) is 11.9. The Morgan fingerprint density at radius 2 is 1.43 bits per heavy atom. The number of urea groups is 1. The van der Waals surface area contributed by atoms with E-state index in [1.165, 1.54) is 12.2 Å². The van der Waals surface area contributed by atoms with Crippen LogP contribution in [-0.4, -0.2) is 23.1 Å². The number of aliphatic carboxylic acids is 1. The predicted octanol–water partition coefficient (Wildman–Crippen LogP) is 2.37. The van der Waals surface area contributed by atoms with E-state index in [2.05, 4.69) is 0 Å². The normalized spacial score (nSPS) is 11.9. The van der Waals surface area contributed by atoms with Gasteiger partial charge in [0.2, 0.25) is 5.82 Å². The summed E-state index contributed by atoms with van der Waals surface area (Å²) in [7, 11) is 0. The molecule has 0 fully saturated rings. The lowest BCUT2D eigenvalue weighted by atomic mass is 10.2. The van der Waals surface area contributed by atoms with Crippen molar-refractivity contribution in [2.45, 2.75) is 19.4 Å². The molecule has 0 unspecified atom stereocenters. The standard InChI is InChI=1S/C11H9F5N2O3/c1-2-3(10(19)20)17-11(21)18-9-7(15)5(13)4(12)6(14)8(9)16/h3H,2H2,1H3,(H,19,20)(H2,17,18,21)/t3-/m1/s1. The molecule has 0 aliphatic rings. The average molecular weight is 312 g/mol. The van der Waals surface area contributed by atoms with E-state index in [0.29, 0.717) is 0 Å². The maximum Gasteiger partial charge on any atom is 0.326 e. The van der Waals surface area contributed by atoms with Crippen LogP contribution < -0.4 is 10.6 Å². The lowest BCUT2D eigenvalue weighted by Crippen LogP contribution is -2.42. The predicted molar refractivity (Wildman–Crippen MR) is 60.1 cm³/mol. The van der Waals surface area contributed by atoms with Crippen molar-refractivity contribution in [1.82, 2.24) is 5.32 Å². The number of carboxylic acid groups (broad SMARTS) is 1. The molecule has 0 bridgehead atoms. The van der Waals surface area contributed by atoms with E-state index in [-0.39, 0.29) is 6.42 Å². The van der Waals surface area contributed by atoms with Gasteiger partial charge in [0.15, 0.2) is 23.3 Å². The number of amides is 2. The third kappa shape index (κ3) is 3.38. The van der Waals surface area contributed by atoms with E-state index < -0.39 is 52.8 Å². The molecule has 3 N–H and O–H groups in total. The maximum absolute atomic E-state index is 13.3. The van der Waals surface area contributed by atoms with Crippen LogP contribution in [0.15, 0.2) is 0 Å². The van der Waals surface area contributed by atoms with Crippen LogP contribution in [0.3, 0.4) is 0 Å². The number of rotatable bonds is 4. The van der Waals surface area contributed by atoms with Crippen LogP contribution in [0.2, 0.25) is 0 Å². The molecule has 0 saturated carbocycles. The van der Waals surface area contributed by atoms with Crippen molar-refractivity contribution in [2.75, 3.05) is 5.32 Å². The Morgan fingerprint density at radius 1 is 1.00 bits per heavy atom. The van der Waals surface area contributed by atoms with Crippen LogP contribution in [0.4, 0.5) is 32.4 Å². The number of carbonyl (C=O) groups is 2. The summed E-state index contributed by atoms with van der Waals surface area (Å²) >= 11 is 0. The fraction of sp³-hybridized carbons (Fsp3) is 0.273. The molecule has 5 nitrogen and oxygen atoms in total. The largest absolute Gasteiger partial charge is 0.480 e. The zero-order valence-electron chi connectivity index (χ0n) is 10.4. The van der Waals surface area contributed by atoms with Crippen molar-refractivity contribution >= 4 is 17.7 Å². The Hall–Kier alpha value is -2.39. The molecule has 0 aromatic heterocycles. The number of anilines is 1. The van der Waals surface area contributed by atoms with Gasteiger partial charge in [-0.05, 0) is 6.42 Å². The van der Waals surface area contributed by atoms with Crippen molar-refractivity contribution in [3.8, 4) is 0 Å². The zero-order chi connectivity index (χ0) is 16.3. The van der Waals surface area contributed by atoms with Crippen LogP contribution in [-0.2, 0) is 4.79 Å². The molecule has 1 rings (SSSR count). The number of carboxylic acids is 1. The minimum Gasteiger partial charge on any atom is -0.480 e. The van der Waals surface area contributed by atoms with E-state index in [0.717, 1.165) is 0 Å². The summed E-state index contributed by atoms with van der Waals surface area (Å²) in [5.74, 6) is -12.7. The number of hydrogen-bond donors (Lipinski definition) is 3. The van der Waals surface area contributed by atoms with E-state index in [1.54, 1.807) is 5.32 Å². The molecule has 0 aliphatic heterocycles. The number of benzene rings is 1. The second-order valence-corrected chi connectivity index (χ2v) is 3.84. The molecule has 0 heterocycles. The Labute approximate surface area is 114 Å². The highest BCUT2D eigenvalue weighted by atomic mass is 19.2. The molecular weight excluding hydrogens is 303 g/mol. The van der Waals surface area contributed by atoms with E-state index in [4.69, 9.17) is 5.11 Å². The molecular formula is C11H9F5N2O3. The molecule has 21 heavy (non-hydrogen) atoms. The summed E-state index contributed by atoms with van der Waals surface area (Å²) in [5.41, 5.74) is -1.57. The molecule has 0 aliphatic carbocycles. The first-order chi connectivity index (χ1) is 9.70. The van der Waals surface area contributed by atoms with Gasteiger partial charge in [0.25, 0.3) is 0 Å². The van der Waals surface area contributed by atoms with Crippen LogP contribution >= 0.6 is 0 Å². The summed E-state index contributed by atoms with van der Waals surface area (Å²) in [6, 6.07) is -2.81. The highest BCUT2D eigenvalue weighted by Gasteiger charge is 2.27. The van der Waals surface area contributed by atoms with Crippen LogP contribution in [0.5, 0.6) is 0 Å². The summed E-state index contributed by atoms with van der Waals surface area (Å²) in [6.45, 7) is 1.40. The van der Waals surface area contributed by atoms with Crippen LogP contribution in [0.1, 0.15) is 13.3 Å². The van der Waals surface area contributed by atoms with Gasteiger partial charge < -0.3 is 15.7 Å². The fourth-order valence-electron chi connectivity index (χ4n) is 1.36. The van der Waals surface area contributed by atoms with Gasteiger partial charge in [0.05, 0.1) is 0 Å². The van der Waals surface area contributed by atoms with Crippen molar-refractivity contribution in [3.05, 3.63) is 29.1 Å². The van der Waals surface area contributed by atoms with Gasteiger partial charge in [-0.15, -0.1) is 0 Å². The Kier molecular flexibility index (Phi) is 5.06. The zero-order valence-corrected chi connectivity index (χ0v) is 10.4. The Bertz CT molecular complexity index is 565. The molecule has 0 spiro atoms. The van der Waals surface area contributed by atoms with Gasteiger partial charge in [0, 0.05) is 0 Å². The second kappa shape index (κ2) is 6.37. The Balaban J connectivity index is 3.04. The minimum absolute atomic E-state index is 0.0557. The monoisotopic (exact) mass is 312 g/mol.